The van der Waals surface area contributed by atoms with E-state index in [0.717, 1.165) is 31.2 Å². The van der Waals surface area contributed by atoms with Crippen molar-refractivity contribution in [3.8, 4) is 0 Å². The van der Waals surface area contributed by atoms with E-state index in [2.05, 4.69) is 5.32 Å². The number of rotatable bonds is 4. The first kappa shape index (κ1) is 15.4. The molecule has 2 rings (SSSR count). The summed E-state index contributed by atoms with van der Waals surface area (Å²) in [5.41, 5.74) is 0.964. The quantitative estimate of drug-likeness (QED) is 0.866. The van der Waals surface area contributed by atoms with E-state index in [1.165, 1.54) is 6.92 Å². The van der Waals surface area contributed by atoms with Crippen LogP contribution in [0.3, 0.4) is 0 Å². The molecule has 1 fully saturated rings. The minimum atomic E-state index is -0.394. The third kappa shape index (κ3) is 5.45. The van der Waals surface area contributed by atoms with Crippen molar-refractivity contribution in [3.63, 3.8) is 0 Å². The predicted molar refractivity (Wildman–Crippen MR) is 77.6 cm³/mol. The Bertz CT molecular complexity index is 466. The zero-order valence-corrected chi connectivity index (χ0v) is 12.2. The van der Waals surface area contributed by atoms with Gasteiger partial charge in [0.1, 0.15) is 12.7 Å². The molecule has 1 amide bonds. The van der Waals surface area contributed by atoms with Gasteiger partial charge < -0.3 is 14.8 Å². The Morgan fingerprint density at radius 2 is 1.81 bits per heavy atom. The lowest BCUT2D eigenvalue weighted by Gasteiger charge is -2.28. The Hall–Kier alpha value is -2.04. The number of esters is 1. The molecular weight excluding hydrogens is 270 g/mol. The predicted octanol–water partition coefficient (Wildman–Crippen LogP) is 2.79. The van der Waals surface area contributed by atoms with Gasteiger partial charge in [-0.2, -0.15) is 0 Å². The number of hydrogen-bond donors (Lipinski definition) is 1. The van der Waals surface area contributed by atoms with Crippen LogP contribution in [0.1, 0.15) is 38.2 Å². The van der Waals surface area contributed by atoms with Crippen molar-refractivity contribution in [2.75, 3.05) is 0 Å². The monoisotopic (exact) mass is 291 g/mol. The average molecular weight is 291 g/mol. The molecule has 0 atom stereocenters. The summed E-state index contributed by atoms with van der Waals surface area (Å²) in [6.45, 7) is 1.70. The Morgan fingerprint density at radius 3 is 2.43 bits per heavy atom. The van der Waals surface area contributed by atoms with Crippen LogP contribution in [-0.2, 0) is 20.9 Å². The molecular formula is C16H21NO4. The molecule has 21 heavy (non-hydrogen) atoms. The topological polar surface area (TPSA) is 64.6 Å². The number of amides is 1. The number of carbonyl (C=O) groups excluding carboxylic acids is 2. The maximum Gasteiger partial charge on any atom is 0.407 e. The Morgan fingerprint density at radius 1 is 1.14 bits per heavy atom. The fraction of sp³-hybridized carbons (Fsp3) is 0.500. The zero-order chi connectivity index (χ0) is 15.1. The van der Waals surface area contributed by atoms with Gasteiger partial charge in [0.2, 0.25) is 0 Å². The Labute approximate surface area is 124 Å². The molecule has 5 nitrogen and oxygen atoms in total. The minimum absolute atomic E-state index is 0.0131. The number of alkyl carbamates (subject to hydrolysis) is 1. The maximum atomic E-state index is 11.7. The molecule has 1 N–H and O–H groups in total. The summed E-state index contributed by atoms with van der Waals surface area (Å²) in [6.07, 6.45) is 2.76. The first-order valence-electron chi connectivity index (χ1n) is 7.28. The van der Waals surface area contributed by atoms with Crippen molar-refractivity contribution in [1.29, 1.82) is 0 Å². The van der Waals surface area contributed by atoms with Crippen molar-refractivity contribution < 1.29 is 19.1 Å². The Kier molecular flexibility index (Phi) is 5.60. The molecule has 0 aliphatic heterocycles. The first-order valence-corrected chi connectivity index (χ1v) is 7.28. The van der Waals surface area contributed by atoms with Crippen molar-refractivity contribution >= 4 is 12.1 Å². The minimum Gasteiger partial charge on any atom is -0.463 e. The SMILES string of the molecule is CC(=O)OC1CCC(NC(=O)OCc2ccccc2)CC1. The highest BCUT2D eigenvalue weighted by atomic mass is 16.5. The zero-order valence-electron chi connectivity index (χ0n) is 12.2. The summed E-state index contributed by atoms with van der Waals surface area (Å²) in [5.74, 6) is -0.242. The molecule has 0 heterocycles. The largest absolute Gasteiger partial charge is 0.463 e. The van der Waals surface area contributed by atoms with Crippen LogP contribution in [0.4, 0.5) is 4.79 Å². The van der Waals surface area contributed by atoms with Crippen LogP contribution in [0.15, 0.2) is 30.3 Å². The molecule has 1 aromatic rings. The summed E-state index contributed by atoms with van der Waals surface area (Å²) in [7, 11) is 0. The molecule has 5 heteroatoms. The highest BCUT2D eigenvalue weighted by Gasteiger charge is 2.24. The maximum absolute atomic E-state index is 11.7. The summed E-state index contributed by atoms with van der Waals surface area (Å²) in [5, 5.41) is 2.86. The van der Waals surface area contributed by atoms with E-state index in [4.69, 9.17) is 9.47 Å². The summed E-state index contributed by atoms with van der Waals surface area (Å²) in [6, 6.07) is 9.67. The van der Waals surface area contributed by atoms with E-state index >= 15 is 0 Å². The number of carbonyl (C=O) groups is 2. The van der Waals surface area contributed by atoms with Crippen molar-refractivity contribution in [3.05, 3.63) is 35.9 Å². The van der Waals surface area contributed by atoms with Gasteiger partial charge in [0, 0.05) is 13.0 Å². The van der Waals surface area contributed by atoms with Gasteiger partial charge in [0.05, 0.1) is 0 Å². The normalized spacial score (nSPS) is 21.4. The fourth-order valence-corrected chi connectivity index (χ4v) is 2.49. The number of nitrogens with one attached hydrogen (secondary N) is 1. The van der Waals surface area contributed by atoms with Crippen molar-refractivity contribution in [2.45, 2.75) is 51.4 Å². The van der Waals surface area contributed by atoms with E-state index in [1.54, 1.807) is 0 Å². The fourth-order valence-electron chi connectivity index (χ4n) is 2.49. The Balaban J connectivity index is 1.66. The summed E-state index contributed by atoms with van der Waals surface area (Å²) < 4.78 is 10.4. The molecule has 1 saturated carbocycles. The molecule has 0 aromatic heterocycles. The molecule has 1 aliphatic carbocycles. The summed E-state index contributed by atoms with van der Waals surface area (Å²) in [4.78, 5) is 22.6. The van der Waals surface area contributed by atoms with Gasteiger partial charge in [-0.3, -0.25) is 4.79 Å². The lowest BCUT2D eigenvalue weighted by atomic mass is 9.93. The van der Waals surface area contributed by atoms with Crippen molar-refractivity contribution in [1.82, 2.24) is 5.32 Å². The second kappa shape index (κ2) is 7.67. The molecule has 1 aliphatic rings. The first-order chi connectivity index (χ1) is 10.1. The number of benzene rings is 1. The molecule has 0 radical (unpaired) electrons. The molecule has 0 saturated heterocycles. The lowest BCUT2D eigenvalue weighted by molar-refractivity contribution is -0.147. The van der Waals surface area contributed by atoms with E-state index < -0.39 is 6.09 Å². The molecule has 0 spiro atoms. The van der Waals surface area contributed by atoms with E-state index in [1.807, 2.05) is 30.3 Å². The molecule has 0 bridgehead atoms. The van der Waals surface area contributed by atoms with Crippen LogP contribution in [0.25, 0.3) is 0 Å². The van der Waals surface area contributed by atoms with Gasteiger partial charge >= 0.3 is 12.1 Å². The van der Waals surface area contributed by atoms with Gasteiger partial charge in [0.25, 0.3) is 0 Å². The number of ether oxygens (including phenoxy) is 2. The van der Waals surface area contributed by atoms with Gasteiger partial charge in [0.15, 0.2) is 0 Å². The third-order valence-corrected chi connectivity index (χ3v) is 3.54. The lowest BCUT2D eigenvalue weighted by Crippen LogP contribution is -2.39. The van der Waals surface area contributed by atoms with Crippen LogP contribution in [0.5, 0.6) is 0 Å². The van der Waals surface area contributed by atoms with Crippen LogP contribution in [0, 0.1) is 0 Å². The molecule has 0 unspecified atom stereocenters. The number of hydrogen-bond acceptors (Lipinski definition) is 4. The van der Waals surface area contributed by atoms with Crippen LogP contribution < -0.4 is 5.32 Å². The highest BCUT2D eigenvalue weighted by molar-refractivity contribution is 5.67. The third-order valence-electron chi connectivity index (χ3n) is 3.54. The molecule has 1 aromatic carbocycles. The highest BCUT2D eigenvalue weighted by Crippen LogP contribution is 2.21. The van der Waals surface area contributed by atoms with Gasteiger partial charge in [-0.25, -0.2) is 4.79 Å². The van der Waals surface area contributed by atoms with Crippen LogP contribution >= 0.6 is 0 Å². The van der Waals surface area contributed by atoms with Gasteiger partial charge in [-0.1, -0.05) is 30.3 Å². The van der Waals surface area contributed by atoms with Crippen LogP contribution in [-0.4, -0.2) is 24.2 Å². The standard InChI is InChI=1S/C16H21NO4/c1-12(18)21-15-9-7-14(8-10-15)17-16(19)20-11-13-5-3-2-4-6-13/h2-6,14-15H,7-11H2,1H3,(H,17,19). The summed E-state index contributed by atoms with van der Waals surface area (Å²) >= 11 is 0. The van der Waals surface area contributed by atoms with E-state index in [-0.39, 0.29) is 24.7 Å². The van der Waals surface area contributed by atoms with Crippen LogP contribution in [0.2, 0.25) is 0 Å². The smallest absolute Gasteiger partial charge is 0.407 e. The second-order valence-electron chi connectivity index (χ2n) is 5.29. The van der Waals surface area contributed by atoms with E-state index in [0.29, 0.717) is 0 Å². The van der Waals surface area contributed by atoms with Gasteiger partial charge in [-0.05, 0) is 31.2 Å². The van der Waals surface area contributed by atoms with Crippen molar-refractivity contribution in [2.24, 2.45) is 0 Å². The second-order valence-corrected chi connectivity index (χ2v) is 5.29. The molecule has 114 valence electrons. The average Bonchev–Trinajstić information content (AvgIpc) is 2.48. The van der Waals surface area contributed by atoms with Gasteiger partial charge in [-0.15, -0.1) is 0 Å². The van der Waals surface area contributed by atoms with E-state index in [9.17, 15) is 9.59 Å².